The molecule has 0 aliphatic carbocycles. The SMILES string of the molecule is CC(C)(C)OC(=O)N[C@@H](CNC(=O)C(Cl)c1ccccc1)C(=O)N1C[C@H](OC(=O)N2Cc3cccc(F)c3C2)C[C@H]1C(N)=O. The average molecular weight is 632 g/mol. The number of rotatable bonds is 8. The number of nitrogens with two attached hydrogens (primary N) is 1. The van der Waals surface area contributed by atoms with Crippen LogP contribution in [0, 0.1) is 5.82 Å². The molecule has 12 nitrogen and oxygen atoms in total. The van der Waals surface area contributed by atoms with Gasteiger partial charge in [-0.25, -0.2) is 14.0 Å². The number of ether oxygens (including phenoxy) is 2. The molecule has 1 unspecified atom stereocenters. The van der Waals surface area contributed by atoms with E-state index in [9.17, 15) is 28.4 Å². The molecule has 0 radical (unpaired) electrons. The maximum absolute atomic E-state index is 14.2. The Hall–Kier alpha value is -4.39. The first-order valence-corrected chi connectivity index (χ1v) is 14.4. The summed E-state index contributed by atoms with van der Waals surface area (Å²) in [7, 11) is 0. The van der Waals surface area contributed by atoms with Crippen molar-refractivity contribution in [1.29, 1.82) is 0 Å². The van der Waals surface area contributed by atoms with Crippen LogP contribution in [0.1, 0.15) is 49.3 Å². The molecule has 1 saturated heterocycles. The molecule has 2 heterocycles. The number of hydrogen-bond acceptors (Lipinski definition) is 7. The molecular weight excluding hydrogens is 597 g/mol. The van der Waals surface area contributed by atoms with Crippen molar-refractivity contribution < 1.29 is 37.8 Å². The van der Waals surface area contributed by atoms with Gasteiger partial charge in [0.25, 0.3) is 0 Å². The Morgan fingerprint density at radius 3 is 2.41 bits per heavy atom. The van der Waals surface area contributed by atoms with Gasteiger partial charge in [-0.1, -0.05) is 42.5 Å². The zero-order chi connectivity index (χ0) is 32.2. The van der Waals surface area contributed by atoms with Gasteiger partial charge >= 0.3 is 12.2 Å². The number of amides is 5. The van der Waals surface area contributed by atoms with Crippen LogP contribution in [0.3, 0.4) is 0 Å². The van der Waals surface area contributed by atoms with E-state index in [1.807, 2.05) is 0 Å². The van der Waals surface area contributed by atoms with Crippen LogP contribution in [0.25, 0.3) is 0 Å². The quantitative estimate of drug-likeness (QED) is 0.378. The van der Waals surface area contributed by atoms with Gasteiger partial charge in [0.15, 0.2) is 0 Å². The Labute approximate surface area is 259 Å². The molecule has 2 aromatic rings. The van der Waals surface area contributed by atoms with Crippen LogP contribution >= 0.6 is 11.6 Å². The molecular formula is C30H35ClFN5O7. The minimum absolute atomic E-state index is 0.0155. The molecule has 0 spiro atoms. The van der Waals surface area contributed by atoms with Crippen LogP contribution in [-0.4, -0.2) is 76.6 Å². The number of benzene rings is 2. The van der Waals surface area contributed by atoms with Crippen molar-refractivity contribution >= 4 is 41.5 Å². The van der Waals surface area contributed by atoms with Gasteiger partial charge in [0.2, 0.25) is 17.7 Å². The predicted molar refractivity (Wildman–Crippen MR) is 156 cm³/mol. The molecule has 4 rings (SSSR count). The second kappa shape index (κ2) is 13.5. The third-order valence-corrected chi connectivity index (χ3v) is 7.57. The molecule has 2 aromatic carbocycles. The molecule has 1 fully saturated rings. The third-order valence-electron chi connectivity index (χ3n) is 7.12. The number of nitrogens with one attached hydrogen (secondary N) is 2. The molecule has 236 valence electrons. The van der Waals surface area contributed by atoms with E-state index in [0.29, 0.717) is 16.7 Å². The van der Waals surface area contributed by atoms with Crippen LogP contribution in [0.2, 0.25) is 0 Å². The van der Waals surface area contributed by atoms with Crippen LogP contribution in [0.4, 0.5) is 14.0 Å². The van der Waals surface area contributed by atoms with Gasteiger partial charge in [-0.2, -0.15) is 0 Å². The van der Waals surface area contributed by atoms with Gasteiger partial charge < -0.3 is 30.7 Å². The van der Waals surface area contributed by atoms with Crippen LogP contribution in [0.5, 0.6) is 0 Å². The van der Waals surface area contributed by atoms with Crippen molar-refractivity contribution in [2.24, 2.45) is 5.73 Å². The molecule has 4 N–H and O–H groups in total. The number of carbonyl (C=O) groups excluding carboxylic acids is 5. The molecule has 2 aliphatic rings. The lowest BCUT2D eigenvalue weighted by atomic mass is 10.1. The Morgan fingerprint density at radius 1 is 1.07 bits per heavy atom. The highest BCUT2D eigenvalue weighted by atomic mass is 35.5. The van der Waals surface area contributed by atoms with E-state index in [0.717, 1.165) is 4.90 Å². The van der Waals surface area contributed by atoms with E-state index in [1.54, 1.807) is 63.2 Å². The summed E-state index contributed by atoms with van der Waals surface area (Å²) in [6, 6.07) is 10.6. The molecule has 5 amide bonds. The monoisotopic (exact) mass is 631 g/mol. The maximum Gasteiger partial charge on any atom is 0.410 e. The highest BCUT2D eigenvalue weighted by molar-refractivity contribution is 6.30. The van der Waals surface area contributed by atoms with Gasteiger partial charge in [0.05, 0.1) is 13.1 Å². The van der Waals surface area contributed by atoms with Crippen molar-refractivity contribution in [2.75, 3.05) is 13.1 Å². The van der Waals surface area contributed by atoms with Crippen molar-refractivity contribution in [2.45, 2.75) is 69.4 Å². The number of alkyl halides is 1. The minimum Gasteiger partial charge on any atom is -0.444 e. The van der Waals surface area contributed by atoms with Gasteiger partial charge in [0.1, 0.15) is 35.0 Å². The summed E-state index contributed by atoms with van der Waals surface area (Å²) in [6.07, 6.45) is -2.69. The van der Waals surface area contributed by atoms with E-state index in [2.05, 4.69) is 10.6 Å². The van der Waals surface area contributed by atoms with E-state index in [1.165, 1.54) is 11.0 Å². The fraction of sp³-hybridized carbons (Fsp3) is 0.433. The number of alkyl carbamates (subject to hydrolysis) is 1. The smallest absolute Gasteiger partial charge is 0.410 e. The molecule has 44 heavy (non-hydrogen) atoms. The molecule has 0 aromatic heterocycles. The van der Waals surface area contributed by atoms with Crippen molar-refractivity contribution in [3.05, 3.63) is 71.0 Å². The van der Waals surface area contributed by atoms with Crippen LogP contribution in [-0.2, 0) is 36.9 Å². The number of halogens is 2. The highest BCUT2D eigenvalue weighted by Gasteiger charge is 2.44. The van der Waals surface area contributed by atoms with Crippen molar-refractivity contribution in [3.8, 4) is 0 Å². The Balaban J connectivity index is 1.45. The lowest BCUT2D eigenvalue weighted by Crippen LogP contribution is -2.57. The lowest BCUT2D eigenvalue weighted by molar-refractivity contribution is -0.139. The fourth-order valence-corrected chi connectivity index (χ4v) is 5.26. The summed E-state index contributed by atoms with van der Waals surface area (Å²) in [5.41, 5.74) is 6.29. The van der Waals surface area contributed by atoms with E-state index in [-0.39, 0.29) is 26.1 Å². The van der Waals surface area contributed by atoms with Gasteiger partial charge in [-0.3, -0.25) is 19.3 Å². The first kappa shape index (κ1) is 32.5. The standard InChI is InChI=1S/C30H35ClFN5O7/c1-30(2,3)44-28(41)35-22(13-34-26(39)24(31)17-8-5-4-6-9-17)27(40)37-15-19(12-23(37)25(33)38)43-29(42)36-14-18-10-7-11-21(32)20(18)16-36/h4-11,19,22-24H,12-16H2,1-3H3,(H2,33,38)(H,34,39)(H,35,41)/t19-,22+,23+,24?/m1/s1. The predicted octanol–water partition coefficient (Wildman–Crippen LogP) is 2.72. The second-order valence-electron chi connectivity index (χ2n) is 11.6. The van der Waals surface area contributed by atoms with Gasteiger partial charge in [-0.15, -0.1) is 11.6 Å². The van der Waals surface area contributed by atoms with Gasteiger partial charge in [-0.05, 0) is 38.0 Å². The summed E-state index contributed by atoms with van der Waals surface area (Å²) in [5, 5.41) is 3.93. The fourth-order valence-electron chi connectivity index (χ4n) is 5.04. The first-order valence-electron chi connectivity index (χ1n) is 14.0. The Bertz CT molecular complexity index is 1420. The number of hydrogen-bond donors (Lipinski definition) is 3. The second-order valence-corrected chi connectivity index (χ2v) is 12.0. The van der Waals surface area contributed by atoms with Crippen molar-refractivity contribution in [3.63, 3.8) is 0 Å². The summed E-state index contributed by atoms with van der Waals surface area (Å²) in [5.74, 6) is -2.66. The molecule has 14 heteroatoms. The van der Waals surface area contributed by atoms with E-state index in [4.69, 9.17) is 26.8 Å². The lowest BCUT2D eigenvalue weighted by Gasteiger charge is -2.29. The summed E-state index contributed by atoms with van der Waals surface area (Å²) in [6.45, 7) is 4.47. The number of likely N-dealkylation sites (tertiary alicyclic amines) is 1. The zero-order valence-corrected chi connectivity index (χ0v) is 25.3. The first-order chi connectivity index (χ1) is 20.7. The van der Waals surface area contributed by atoms with E-state index >= 15 is 0 Å². The number of fused-ring (bicyclic) bond motifs is 1. The molecule has 0 bridgehead atoms. The average Bonchev–Trinajstić information content (AvgIpc) is 3.59. The number of carbonyl (C=O) groups is 5. The summed E-state index contributed by atoms with van der Waals surface area (Å²) < 4.78 is 25.1. The van der Waals surface area contributed by atoms with Crippen LogP contribution in [0.15, 0.2) is 48.5 Å². The van der Waals surface area contributed by atoms with Crippen molar-refractivity contribution in [1.82, 2.24) is 20.4 Å². The van der Waals surface area contributed by atoms with Crippen LogP contribution < -0.4 is 16.4 Å². The number of nitrogens with zero attached hydrogens (tertiary/aromatic N) is 2. The Morgan fingerprint density at radius 2 is 1.77 bits per heavy atom. The van der Waals surface area contributed by atoms with Gasteiger partial charge in [0, 0.05) is 25.1 Å². The number of primary amides is 1. The normalized spacial score (nSPS) is 19.0. The minimum atomic E-state index is -1.39. The molecule has 4 atom stereocenters. The molecule has 2 aliphatic heterocycles. The molecule has 0 saturated carbocycles. The summed E-state index contributed by atoms with van der Waals surface area (Å²) >= 11 is 6.31. The maximum atomic E-state index is 14.2. The van der Waals surface area contributed by atoms with E-state index < -0.39 is 71.4 Å². The highest BCUT2D eigenvalue weighted by Crippen LogP contribution is 2.28. The largest absolute Gasteiger partial charge is 0.444 e. The topological polar surface area (TPSA) is 160 Å². The zero-order valence-electron chi connectivity index (χ0n) is 24.5. The summed E-state index contributed by atoms with van der Waals surface area (Å²) in [4.78, 5) is 66.9. The Kier molecular flexibility index (Phi) is 9.98. The third kappa shape index (κ3) is 7.95.